The molecule has 0 amide bonds. The van der Waals surface area contributed by atoms with E-state index >= 15 is 0 Å². The molecule has 0 radical (unpaired) electrons. The number of carbonyl (C=O) groups excluding carboxylic acids is 1. The summed E-state index contributed by atoms with van der Waals surface area (Å²) in [5.74, 6) is -2.05. The Morgan fingerprint density at radius 2 is 1.68 bits per heavy atom. The van der Waals surface area contributed by atoms with Crippen LogP contribution >= 0.6 is 11.6 Å². The highest BCUT2D eigenvalue weighted by Gasteiger charge is 2.17. The number of ketones is 1. The van der Waals surface area contributed by atoms with Gasteiger partial charge in [-0.1, -0.05) is 11.6 Å². The van der Waals surface area contributed by atoms with Crippen LogP contribution in [0.5, 0.6) is 0 Å². The van der Waals surface area contributed by atoms with E-state index in [9.17, 15) is 13.6 Å². The van der Waals surface area contributed by atoms with Crippen molar-refractivity contribution in [3.8, 4) is 0 Å². The lowest BCUT2D eigenvalue weighted by Crippen LogP contribution is -2.06. The summed E-state index contributed by atoms with van der Waals surface area (Å²) >= 11 is 5.87. The first-order chi connectivity index (χ1) is 8.88. The highest BCUT2D eigenvalue weighted by molar-refractivity contribution is 6.31. The predicted octanol–water partition coefficient (Wildman–Crippen LogP) is 4.47. The Hall–Kier alpha value is -1.74. The third-order valence-corrected chi connectivity index (χ3v) is 3.02. The largest absolute Gasteiger partial charge is 0.288 e. The summed E-state index contributed by atoms with van der Waals surface area (Å²) < 4.78 is 26.9. The minimum Gasteiger partial charge on any atom is -0.288 e. The van der Waals surface area contributed by atoms with E-state index in [4.69, 9.17) is 11.6 Å². The molecule has 0 aliphatic carbocycles. The van der Waals surface area contributed by atoms with Gasteiger partial charge in [0.2, 0.25) is 0 Å². The normalized spacial score (nSPS) is 10.6. The SMILES string of the molecule is Cc1cc(Cl)cc(C(=O)c2cc(C)c(F)cc2F)c1. The summed E-state index contributed by atoms with van der Waals surface area (Å²) in [4.78, 5) is 12.2. The summed E-state index contributed by atoms with van der Waals surface area (Å²) in [6, 6.07) is 6.72. The molecule has 0 spiro atoms. The first kappa shape index (κ1) is 13.7. The number of aryl methyl sites for hydroxylation is 2. The minimum atomic E-state index is -0.870. The van der Waals surface area contributed by atoms with Crippen LogP contribution in [0.1, 0.15) is 27.0 Å². The van der Waals surface area contributed by atoms with Gasteiger partial charge in [0.05, 0.1) is 5.56 Å². The van der Waals surface area contributed by atoms with E-state index in [0.29, 0.717) is 5.02 Å². The smallest absolute Gasteiger partial charge is 0.196 e. The maximum absolute atomic E-state index is 13.7. The first-order valence-electron chi connectivity index (χ1n) is 5.66. The fraction of sp³-hybridized carbons (Fsp3) is 0.133. The Kier molecular flexibility index (Phi) is 3.67. The van der Waals surface area contributed by atoms with Gasteiger partial charge in [0, 0.05) is 16.7 Å². The van der Waals surface area contributed by atoms with Gasteiger partial charge in [0.25, 0.3) is 0 Å². The monoisotopic (exact) mass is 280 g/mol. The molecule has 0 saturated heterocycles. The molecule has 2 aromatic rings. The van der Waals surface area contributed by atoms with Crippen molar-refractivity contribution in [1.82, 2.24) is 0 Å². The van der Waals surface area contributed by atoms with Gasteiger partial charge in [-0.2, -0.15) is 0 Å². The molecule has 2 aromatic carbocycles. The van der Waals surface area contributed by atoms with E-state index in [-0.39, 0.29) is 16.7 Å². The topological polar surface area (TPSA) is 17.1 Å². The molecule has 0 fully saturated rings. The van der Waals surface area contributed by atoms with E-state index < -0.39 is 17.4 Å². The van der Waals surface area contributed by atoms with E-state index in [2.05, 4.69) is 0 Å². The van der Waals surface area contributed by atoms with Crippen LogP contribution in [0.15, 0.2) is 30.3 Å². The van der Waals surface area contributed by atoms with Crippen LogP contribution in [-0.4, -0.2) is 5.78 Å². The summed E-state index contributed by atoms with van der Waals surface area (Å²) in [6.45, 7) is 3.27. The average Bonchev–Trinajstić information content (AvgIpc) is 2.31. The second-order valence-electron chi connectivity index (χ2n) is 4.43. The molecule has 0 N–H and O–H groups in total. The van der Waals surface area contributed by atoms with Crippen LogP contribution in [-0.2, 0) is 0 Å². The van der Waals surface area contributed by atoms with Crippen molar-refractivity contribution in [3.05, 3.63) is 69.2 Å². The van der Waals surface area contributed by atoms with Gasteiger partial charge in [-0.3, -0.25) is 4.79 Å². The zero-order valence-corrected chi connectivity index (χ0v) is 11.2. The molecular formula is C15H11ClF2O. The Labute approximate surface area is 114 Å². The molecule has 0 unspecified atom stereocenters. The summed E-state index contributed by atoms with van der Waals surface area (Å²) in [5.41, 5.74) is 1.16. The van der Waals surface area contributed by atoms with Crippen LogP contribution in [0.4, 0.5) is 8.78 Å². The summed E-state index contributed by atoms with van der Waals surface area (Å²) in [7, 11) is 0. The Morgan fingerprint density at radius 1 is 1.00 bits per heavy atom. The van der Waals surface area contributed by atoms with Gasteiger partial charge in [0.15, 0.2) is 5.78 Å². The molecule has 0 bridgehead atoms. The number of halogens is 3. The molecule has 0 aromatic heterocycles. The van der Waals surface area contributed by atoms with Crippen LogP contribution in [0, 0.1) is 25.5 Å². The molecule has 19 heavy (non-hydrogen) atoms. The highest BCUT2D eigenvalue weighted by atomic mass is 35.5. The minimum absolute atomic E-state index is 0.152. The summed E-state index contributed by atoms with van der Waals surface area (Å²) in [6.07, 6.45) is 0. The van der Waals surface area contributed by atoms with E-state index in [1.54, 1.807) is 19.1 Å². The van der Waals surface area contributed by atoms with Crippen LogP contribution < -0.4 is 0 Å². The van der Waals surface area contributed by atoms with Gasteiger partial charge in [-0.05, 0) is 49.2 Å². The first-order valence-corrected chi connectivity index (χ1v) is 6.04. The van der Waals surface area contributed by atoms with Gasteiger partial charge in [0.1, 0.15) is 11.6 Å². The molecule has 0 aliphatic rings. The fourth-order valence-corrected chi connectivity index (χ4v) is 2.14. The molecule has 4 heteroatoms. The Morgan fingerprint density at radius 3 is 2.32 bits per heavy atom. The summed E-state index contributed by atoms with van der Waals surface area (Å²) in [5, 5.41) is 0.405. The van der Waals surface area contributed by atoms with E-state index in [1.165, 1.54) is 19.1 Å². The fourth-order valence-electron chi connectivity index (χ4n) is 1.85. The lowest BCUT2D eigenvalue weighted by Gasteiger charge is -2.06. The maximum Gasteiger partial charge on any atom is 0.196 e. The number of hydrogen-bond acceptors (Lipinski definition) is 1. The molecule has 1 nitrogen and oxygen atoms in total. The molecule has 0 heterocycles. The van der Waals surface area contributed by atoms with Gasteiger partial charge in [-0.25, -0.2) is 8.78 Å². The van der Waals surface area contributed by atoms with Crippen molar-refractivity contribution in [2.45, 2.75) is 13.8 Å². The number of hydrogen-bond donors (Lipinski definition) is 0. The molecular weight excluding hydrogens is 270 g/mol. The lowest BCUT2D eigenvalue weighted by atomic mass is 9.99. The third-order valence-electron chi connectivity index (χ3n) is 2.80. The van der Waals surface area contributed by atoms with Crippen molar-refractivity contribution in [2.24, 2.45) is 0 Å². The maximum atomic E-state index is 13.7. The molecule has 0 saturated carbocycles. The number of benzene rings is 2. The van der Waals surface area contributed by atoms with Gasteiger partial charge in [-0.15, -0.1) is 0 Å². The van der Waals surface area contributed by atoms with Crippen molar-refractivity contribution in [2.75, 3.05) is 0 Å². The van der Waals surface area contributed by atoms with Gasteiger partial charge < -0.3 is 0 Å². The standard InChI is InChI=1S/C15H11ClF2O/c1-8-3-10(6-11(16)4-8)15(19)12-5-9(2)13(17)7-14(12)18/h3-7H,1-2H3. The van der Waals surface area contributed by atoms with Crippen molar-refractivity contribution in [3.63, 3.8) is 0 Å². The van der Waals surface area contributed by atoms with Crippen LogP contribution in [0.25, 0.3) is 0 Å². The van der Waals surface area contributed by atoms with Crippen LogP contribution in [0.3, 0.4) is 0 Å². The van der Waals surface area contributed by atoms with Gasteiger partial charge >= 0.3 is 0 Å². The molecule has 0 atom stereocenters. The molecule has 98 valence electrons. The molecule has 2 rings (SSSR count). The predicted molar refractivity (Wildman–Crippen MR) is 70.7 cm³/mol. The second-order valence-corrected chi connectivity index (χ2v) is 4.86. The second kappa shape index (κ2) is 5.10. The zero-order valence-electron chi connectivity index (χ0n) is 10.4. The number of rotatable bonds is 2. The third kappa shape index (κ3) is 2.82. The lowest BCUT2D eigenvalue weighted by molar-refractivity contribution is 0.103. The van der Waals surface area contributed by atoms with Crippen LogP contribution in [0.2, 0.25) is 5.02 Å². The quantitative estimate of drug-likeness (QED) is 0.742. The van der Waals surface area contributed by atoms with Crippen molar-refractivity contribution >= 4 is 17.4 Å². The highest BCUT2D eigenvalue weighted by Crippen LogP contribution is 2.21. The Balaban J connectivity index is 2.53. The Bertz CT molecular complexity index is 645. The van der Waals surface area contributed by atoms with Crippen molar-refractivity contribution < 1.29 is 13.6 Å². The van der Waals surface area contributed by atoms with E-state index in [0.717, 1.165) is 11.6 Å². The zero-order chi connectivity index (χ0) is 14.2. The molecule has 0 aliphatic heterocycles. The number of carbonyl (C=O) groups is 1. The van der Waals surface area contributed by atoms with E-state index in [1.807, 2.05) is 0 Å². The average molecular weight is 281 g/mol. The van der Waals surface area contributed by atoms with Crippen molar-refractivity contribution in [1.29, 1.82) is 0 Å².